The van der Waals surface area contributed by atoms with Gasteiger partial charge in [0.25, 0.3) is 0 Å². The van der Waals surface area contributed by atoms with Gasteiger partial charge in [-0.3, -0.25) is 4.79 Å². The third kappa shape index (κ3) is 3.32. The van der Waals surface area contributed by atoms with Crippen molar-refractivity contribution >= 4 is 5.91 Å². The van der Waals surface area contributed by atoms with Crippen molar-refractivity contribution in [1.29, 1.82) is 0 Å². The fourth-order valence-electron chi connectivity index (χ4n) is 2.80. The van der Waals surface area contributed by atoms with Crippen LogP contribution in [-0.4, -0.2) is 48.9 Å². The Balaban J connectivity index is 1.88. The second kappa shape index (κ2) is 5.67. The van der Waals surface area contributed by atoms with Crippen LogP contribution < -0.4 is 0 Å². The molecular formula is C14H24N2O. The highest BCUT2D eigenvalue weighted by molar-refractivity contribution is 5.79. The number of carbonyl (C=O) groups excluding carboxylic acids is 1. The molecule has 0 N–H and O–H groups in total. The number of hydrogen-bond donors (Lipinski definition) is 0. The van der Waals surface area contributed by atoms with E-state index >= 15 is 0 Å². The summed E-state index contributed by atoms with van der Waals surface area (Å²) in [4.78, 5) is 16.8. The molecule has 1 aliphatic heterocycles. The summed E-state index contributed by atoms with van der Waals surface area (Å²) < 4.78 is 0. The van der Waals surface area contributed by atoms with Gasteiger partial charge in [0.05, 0.1) is 0 Å². The van der Waals surface area contributed by atoms with Gasteiger partial charge in [-0.15, -0.1) is 0 Å². The van der Waals surface area contributed by atoms with E-state index < -0.39 is 0 Å². The SMILES string of the molecule is C=C1CCC(C(=O)N2CCCN(C)CC2)CC1. The van der Waals surface area contributed by atoms with Crippen molar-refractivity contribution in [3.63, 3.8) is 0 Å². The molecule has 3 heteroatoms. The molecule has 0 radical (unpaired) electrons. The monoisotopic (exact) mass is 236 g/mol. The van der Waals surface area contributed by atoms with Crippen molar-refractivity contribution in [2.45, 2.75) is 32.1 Å². The lowest BCUT2D eigenvalue weighted by Crippen LogP contribution is -2.39. The van der Waals surface area contributed by atoms with E-state index in [0.717, 1.165) is 58.3 Å². The first kappa shape index (κ1) is 12.6. The number of nitrogens with zero attached hydrogens (tertiary/aromatic N) is 2. The topological polar surface area (TPSA) is 23.6 Å². The van der Waals surface area contributed by atoms with Gasteiger partial charge in [-0.1, -0.05) is 12.2 Å². The van der Waals surface area contributed by atoms with Crippen LogP contribution in [0.15, 0.2) is 12.2 Å². The molecule has 0 atom stereocenters. The Morgan fingerprint density at radius 1 is 1.18 bits per heavy atom. The van der Waals surface area contributed by atoms with Crippen LogP contribution in [0.2, 0.25) is 0 Å². The van der Waals surface area contributed by atoms with Crippen molar-refractivity contribution in [3.05, 3.63) is 12.2 Å². The van der Waals surface area contributed by atoms with Gasteiger partial charge in [0, 0.05) is 25.6 Å². The van der Waals surface area contributed by atoms with Gasteiger partial charge in [-0.2, -0.15) is 0 Å². The van der Waals surface area contributed by atoms with E-state index in [1.54, 1.807) is 0 Å². The highest BCUT2D eigenvalue weighted by atomic mass is 16.2. The molecule has 1 saturated carbocycles. The molecule has 2 fully saturated rings. The third-order valence-electron chi connectivity index (χ3n) is 4.07. The lowest BCUT2D eigenvalue weighted by atomic mass is 9.85. The summed E-state index contributed by atoms with van der Waals surface area (Å²) in [5.41, 5.74) is 1.32. The average molecular weight is 236 g/mol. The maximum absolute atomic E-state index is 12.4. The quantitative estimate of drug-likeness (QED) is 0.649. The highest BCUT2D eigenvalue weighted by Gasteiger charge is 2.27. The maximum atomic E-state index is 12.4. The van der Waals surface area contributed by atoms with Crippen LogP contribution in [0.1, 0.15) is 32.1 Å². The highest BCUT2D eigenvalue weighted by Crippen LogP contribution is 2.28. The van der Waals surface area contributed by atoms with Gasteiger partial charge >= 0.3 is 0 Å². The summed E-state index contributed by atoms with van der Waals surface area (Å²) in [6.45, 7) is 8.00. The Morgan fingerprint density at radius 3 is 2.59 bits per heavy atom. The molecule has 2 aliphatic rings. The second-order valence-electron chi connectivity index (χ2n) is 5.51. The second-order valence-corrected chi connectivity index (χ2v) is 5.51. The van der Waals surface area contributed by atoms with Crippen molar-refractivity contribution in [1.82, 2.24) is 9.80 Å². The number of carbonyl (C=O) groups is 1. The van der Waals surface area contributed by atoms with E-state index in [9.17, 15) is 4.79 Å². The van der Waals surface area contributed by atoms with Crippen molar-refractivity contribution in [2.24, 2.45) is 5.92 Å². The first-order valence-corrected chi connectivity index (χ1v) is 6.81. The molecule has 1 aliphatic carbocycles. The van der Waals surface area contributed by atoms with Crippen LogP contribution in [0.25, 0.3) is 0 Å². The molecule has 2 rings (SSSR count). The van der Waals surface area contributed by atoms with E-state index in [0.29, 0.717) is 5.91 Å². The molecule has 0 unspecified atom stereocenters. The Morgan fingerprint density at radius 2 is 1.88 bits per heavy atom. The van der Waals surface area contributed by atoms with E-state index in [4.69, 9.17) is 0 Å². The van der Waals surface area contributed by atoms with E-state index in [2.05, 4.69) is 23.4 Å². The van der Waals surface area contributed by atoms with Crippen LogP contribution in [0, 0.1) is 5.92 Å². The van der Waals surface area contributed by atoms with Crippen LogP contribution in [0.4, 0.5) is 0 Å². The van der Waals surface area contributed by atoms with Gasteiger partial charge < -0.3 is 9.80 Å². The molecular weight excluding hydrogens is 212 g/mol. The lowest BCUT2D eigenvalue weighted by Gasteiger charge is -2.29. The van der Waals surface area contributed by atoms with Gasteiger partial charge in [-0.25, -0.2) is 0 Å². The smallest absolute Gasteiger partial charge is 0.225 e. The van der Waals surface area contributed by atoms with Gasteiger partial charge in [0.2, 0.25) is 5.91 Å². The fraction of sp³-hybridized carbons (Fsp3) is 0.786. The predicted molar refractivity (Wildman–Crippen MR) is 69.8 cm³/mol. The van der Waals surface area contributed by atoms with E-state index in [1.165, 1.54) is 5.57 Å². The third-order valence-corrected chi connectivity index (χ3v) is 4.07. The normalized spacial score (nSPS) is 24.8. The average Bonchev–Trinajstić information content (AvgIpc) is 2.54. The van der Waals surface area contributed by atoms with Crippen LogP contribution in [-0.2, 0) is 4.79 Å². The molecule has 0 aromatic heterocycles. The van der Waals surface area contributed by atoms with E-state index in [1.807, 2.05) is 0 Å². The maximum Gasteiger partial charge on any atom is 0.225 e. The molecule has 1 amide bonds. The standard InChI is InChI=1S/C14H24N2O/c1-12-4-6-13(7-5-12)14(17)16-9-3-8-15(2)10-11-16/h13H,1,3-11H2,2H3. The zero-order valence-corrected chi connectivity index (χ0v) is 11.0. The minimum Gasteiger partial charge on any atom is -0.341 e. The molecule has 3 nitrogen and oxygen atoms in total. The molecule has 96 valence electrons. The minimum absolute atomic E-state index is 0.268. The fourth-order valence-corrected chi connectivity index (χ4v) is 2.80. The van der Waals surface area contributed by atoms with Crippen molar-refractivity contribution in [3.8, 4) is 0 Å². The molecule has 0 spiro atoms. The van der Waals surface area contributed by atoms with E-state index in [-0.39, 0.29) is 5.92 Å². The first-order valence-electron chi connectivity index (χ1n) is 6.81. The van der Waals surface area contributed by atoms with Gasteiger partial charge in [-0.05, 0) is 45.7 Å². The molecule has 17 heavy (non-hydrogen) atoms. The molecule has 1 heterocycles. The Hall–Kier alpha value is -0.830. The zero-order chi connectivity index (χ0) is 12.3. The number of rotatable bonds is 1. The summed E-state index contributed by atoms with van der Waals surface area (Å²) in [6.07, 6.45) is 5.24. The molecule has 0 aromatic carbocycles. The van der Waals surface area contributed by atoms with Crippen molar-refractivity contribution in [2.75, 3.05) is 33.2 Å². The largest absolute Gasteiger partial charge is 0.341 e. The van der Waals surface area contributed by atoms with Gasteiger partial charge in [0.1, 0.15) is 0 Å². The summed E-state index contributed by atoms with van der Waals surface area (Å²) in [7, 11) is 2.14. The lowest BCUT2D eigenvalue weighted by molar-refractivity contribution is -0.136. The Kier molecular flexibility index (Phi) is 4.21. The number of likely N-dealkylation sites (N-methyl/N-ethyl adjacent to an activating group) is 1. The van der Waals surface area contributed by atoms with Crippen LogP contribution in [0.3, 0.4) is 0 Å². The molecule has 0 aromatic rings. The summed E-state index contributed by atoms with van der Waals surface area (Å²) in [6, 6.07) is 0. The van der Waals surface area contributed by atoms with Crippen LogP contribution >= 0.6 is 0 Å². The summed E-state index contributed by atoms with van der Waals surface area (Å²) in [5, 5.41) is 0. The zero-order valence-electron chi connectivity index (χ0n) is 11.0. The Bertz CT molecular complexity index is 291. The summed E-state index contributed by atoms with van der Waals surface area (Å²) >= 11 is 0. The first-order chi connectivity index (χ1) is 8.16. The minimum atomic E-state index is 0.268. The molecule has 1 saturated heterocycles. The number of allylic oxidation sites excluding steroid dienone is 1. The Labute approximate surface area is 104 Å². The number of amides is 1. The van der Waals surface area contributed by atoms with Gasteiger partial charge in [0.15, 0.2) is 0 Å². The summed E-state index contributed by atoms with van der Waals surface area (Å²) in [5.74, 6) is 0.664. The molecule has 0 bridgehead atoms. The van der Waals surface area contributed by atoms with Crippen LogP contribution in [0.5, 0.6) is 0 Å². The predicted octanol–water partition coefficient (Wildman–Crippen LogP) is 1.90. The van der Waals surface area contributed by atoms with Crippen molar-refractivity contribution < 1.29 is 4.79 Å². The number of hydrogen-bond acceptors (Lipinski definition) is 2.